The lowest BCUT2D eigenvalue weighted by Gasteiger charge is -2.44. The van der Waals surface area contributed by atoms with E-state index in [1.807, 2.05) is 4.98 Å². The Morgan fingerprint density at radius 3 is 2.73 bits per heavy atom. The van der Waals surface area contributed by atoms with E-state index in [0.717, 1.165) is 38.4 Å². The Labute approximate surface area is 125 Å². The van der Waals surface area contributed by atoms with E-state index in [9.17, 15) is 18.0 Å². The highest BCUT2D eigenvalue weighted by Gasteiger charge is 2.43. The van der Waals surface area contributed by atoms with Crippen LogP contribution in [0.25, 0.3) is 0 Å². The van der Waals surface area contributed by atoms with E-state index >= 15 is 0 Å². The first kappa shape index (κ1) is 15.3. The van der Waals surface area contributed by atoms with Crippen LogP contribution in [0.4, 0.5) is 13.2 Å². The maximum absolute atomic E-state index is 12.9. The van der Waals surface area contributed by atoms with Crippen LogP contribution in [0.1, 0.15) is 48.3 Å². The van der Waals surface area contributed by atoms with Gasteiger partial charge in [0, 0.05) is 6.54 Å². The third-order valence-electron chi connectivity index (χ3n) is 4.43. The second-order valence-corrected chi connectivity index (χ2v) is 5.94. The van der Waals surface area contributed by atoms with Crippen LogP contribution in [-0.4, -0.2) is 46.1 Å². The molecular weight excluding hydrogens is 299 g/mol. The summed E-state index contributed by atoms with van der Waals surface area (Å²) in [6.07, 6.45) is 1.18. The highest BCUT2D eigenvalue weighted by Crippen LogP contribution is 2.35. The summed E-state index contributed by atoms with van der Waals surface area (Å²) in [5.41, 5.74) is -2.03. The van der Waals surface area contributed by atoms with Gasteiger partial charge in [0.25, 0.3) is 5.91 Å². The molecule has 1 saturated heterocycles. The van der Waals surface area contributed by atoms with Gasteiger partial charge in [-0.25, -0.2) is 4.98 Å². The number of H-pyrrole nitrogens is 1. The molecule has 5 nitrogen and oxygen atoms in total. The number of aromatic nitrogens is 2. The van der Waals surface area contributed by atoms with Crippen LogP contribution < -0.4 is 0 Å². The Balaban J connectivity index is 1.79. The molecule has 1 N–H and O–H groups in total. The molecule has 2 fully saturated rings. The molecule has 1 spiro atoms. The number of hydrogen-bond donors (Lipinski definition) is 1. The predicted octanol–water partition coefficient (Wildman–Crippen LogP) is 2.60. The number of nitrogens with one attached hydrogen (secondary N) is 1. The van der Waals surface area contributed by atoms with Gasteiger partial charge in [0.2, 0.25) is 0 Å². The summed E-state index contributed by atoms with van der Waals surface area (Å²) >= 11 is 0. The van der Waals surface area contributed by atoms with Gasteiger partial charge in [-0.1, -0.05) is 19.3 Å². The average Bonchev–Trinajstić information content (AvgIpc) is 2.97. The molecule has 2 aliphatic rings. The van der Waals surface area contributed by atoms with Crippen molar-refractivity contribution in [2.24, 2.45) is 0 Å². The molecule has 8 heteroatoms. The fraction of sp³-hybridized carbons (Fsp3) is 0.714. The van der Waals surface area contributed by atoms with Crippen molar-refractivity contribution in [3.8, 4) is 0 Å². The fourth-order valence-electron chi connectivity index (χ4n) is 3.34. The average molecular weight is 317 g/mol. The zero-order chi connectivity index (χ0) is 15.8. The molecule has 1 aliphatic heterocycles. The lowest BCUT2D eigenvalue weighted by molar-refractivity contribution is -0.141. The summed E-state index contributed by atoms with van der Waals surface area (Å²) in [6, 6.07) is 0. The minimum atomic E-state index is -4.61. The number of amides is 1. The Hall–Kier alpha value is -1.57. The molecule has 1 aromatic rings. The van der Waals surface area contributed by atoms with Gasteiger partial charge in [-0.15, -0.1) is 0 Å². The van der Waals surface area contributed by atoms with Crippen LogP contribution in [0.15, 0.2) is 6.33 Å². The quantitative estimate of drug-likeness (QED) is 0.866. The normalized spacial score (nSPS) is 22.0. The number of aromatic amines is 1. The smallest absolute Gasteiger partial charge is 0.371 e. The van der Waals surface area contributed by atoms with Crippen molar-refractivity contribution in [3.05, 3.63) is 17.7 Å². The van der Waals surface area contributed by atoms with Crippen LogP contribution >= 0.6 is 0 Å². The zero-order valence-electron chi connectivity index (χ0n) is 12.1. The summed E-state index contributed by atoms with van der Waals surface area (Å²) < 4.78 is 44.5. The van der Waals surface area contributed by atoms with Gasteiger partial charge < -0.3 is 14.6 Å². The molecule has 2 heterocycles. The molecule has 0 atom stereocenters. The van der Waals surface area contributed by atoms with E-state index in [1.54, 1.807) is 0 Å². The second-order valence-electron chi connectivity index (χ2n) is 5.94. The SMILES string of the molecule is O=C(c1nc[nH]c1C(F)(F)F)N1CCOC2(CCCCC2)C1. The van der Waals surface area contributed by atoms with Gasteiger partial charge in [0.1, 0.15) is 0 Å². The molecule has 1 aliphatic carbocycles. The topological polar surface area (TPSA) is 58.2 Å². The van der Waals surface area contributed by atoms with E-state index in [2.05, 4.69) is 4.98 Å². The number of imidazole rings is 1. The number of halogens is 3. The number of hydrogen-bond acceptors (Lipinski definition) is 3. The van der Waals surface area contributed by atoms with Crippen molar-refractivity contribution < 1.29 is 22.7 Å². The standard InChI is InChI=1S/C14H18F3N3O2/c15-14(16,17)11-10(18-9-19-11)12(21)20-6-7-22-13(8-20)4-2-1-3-5-13/h9H,1-8H2,(H,18,19). The Kier molecular flexibility index (Phi) is 3.88. The molecule has 0 bridgehead atoms. The first-order chi connectivity index (χ1) is 10.4. The van der Waals surface area contributed by atoms with E-state index < -0.39 is 23.5 Å². The highest BCUT2D eigenvalue weighted by molar-refractivity contribution is 5.93. The van der Waals surface area contributed by atoms with Gasteiger partial charge in [-0.3, -0.25) is 4.79 Å². The Bertz CT molecular complexity index is 544. The largest absolute Gasteiger partial charge is 0.433 e. The lowest BCUT2D eigenvalue weighted by Crippen LogP contribution is -2.54. The monoisotopic (exact) mass is 317 g/mol. The van der Waals surface area contributed by atoms with E-state index in [1.165, 1.54) is 4.90 Å². The maximum Gasteiger partial charge on any atom is 0.433 e. The lowest BCUT2D eigenvalue weighted by atomic mass is 9.83. The van der Waals surface area contributed by atoms with Crippen molar-refractivity contribution in [2.75, 3.05) is 19.7 Å². The molecule has 122 valence electrons. The van der Waals surface area contributed by atoms with E-state index in [4.69, 9.17) is 4.74 Å². The molecule has 0 aromatic carbocycles. The third kappa shape index (κ3) is 2.84. The molecule has 1 saturated carbocycles. The summed E-state index contributed by atoms with van der Waals surface area (Å²) in [4.78, 5) is 19.5. The molecular formula is C14H18F3N3O2. The van der Waals surface area contributed by atoms with Gasteiger partial charge in [0.05, 0.1) is 25.1 Å². The van der Waals surface area contributed by atoms with Crippen molar-refractivity contribution in [3.63, 3.8) is 0 Å². The van der Waals surface area contributed by atoms with Crippen molar-refractivity contribution >= 4 is 5.91 Å². The number of nitrogens with zero attached hydrogens (tertiary/aromatic N) is 2. The first-order valence-electron chi connectivity index (χ1n) is 7.45. The number of alkyl halides is 3. The minimum Gasteiger partial charge on any atom is -0.371 e. The zero-order valence-corrected chi connectivity index (χ0v) is 12.1. The second kappa shape index (κ2) is 5.57. The summed E-state index contributed by atoms with van der Waals surface area (Å²) in [6.45, 7) is 0.998. The number of carbonyl (C=O) groups is 1. The minimum absolute atomic E-state index is 0.296. The molecule has 1 amide bonds. The van der Waals surface area contributed by atoms with Gasteiger partial charge in [-0.2, -0.15) is 13.2 Å². The first-order valence-corrected chi connectivity index (χ1v) is 7.45. The van der Waals surface area contributed by atoms with Crippen molar-refractivity contribution in [2.45, 2.75) is 43.9 Å². The number of rotatable bonds is 1. The summed E-state index contributed by atoms with van der Waals surface area (Å²) in [5.74, 6) is -0.679. The van der Waals surface area contributed by atoms with Gasteiger partial charge in [-0.05, 0) is 12.8 Å². The van der Waals surface area contributed by atoms with Gasteiger partial charge in [0.15, 0.2) is 11.4 Å². The maximum atomic E-state index is 12.9. The number of ether oxygens (including phenoxy) is 1. The molecule has 0 radical (unpaired) electrons. The molecule has 22 heavy (non-hydrogen) atoms. The summed E-state index contributed by atoms with van der Waals surface area (Å²) in [7, 11) is 0. The van der Waals surface area contributed by atoms with Crippen LogP contribution in [-0.2, 0) is 10.9 Å². The van der Waals surface area contributed by atoms with Crippen molar-refractivity contribution in [1.29, 1.82) is 0 Å². The third-order valence-corrected chi connectivity index (χ3v) is 4.43. The number of morpholine rings is 1. The van der Waals surface area contributed by atoms with Crippen LogP contribution in [0, 0.1) is 0 Å². The van der Waals surface area contributed by atoms with E-state index in [0.29, 0.717) is 19.7 Å². The van der Waals surface area contributed by atoms with Crippen LogP contribution in [0.5, 0.6) is 0 Å². The van der Waals surface area contributed by atoms with Gasteiger partial charge >= 0.3 is 6.18 Å². The van der Waals surface area contributed by atoms with Crippen LogP contribution in [0.2, 0.25) is 0 Å². The highest BCUT2D eigenvalue weighted by atomic mass is 19.4. The molecule has 3 rings (SSSR count). The fourth-order valence-corrected chi connectivity index (χ4v) is 3.34. The van der Waals surface area contributed by atoms with Crippen LogP contribution in [0.3, 0.4) is 0 Å². The Morgan fingerprint density at radius 1 is 1.32 bits per heavy atom. The van der Waals surface area contributed by atoms with Crippen molar-refractivity contribution in [1.82, 2.24) is 14.9 Å². The molecule has 0 unspecified atom stereocenters. The predicted molar refractivity (Wildman–Crippen MR) is 71.3 cm³/mol. The Morgan fingerprint density at radius 2 is 2.05 bits per heavy atom. The summed E-state index contributed by atoms with van der Waals surface area (Å²) in [5, 5.41) is 0. The van der Waals surface area contributed by atoms with E-state index in [-0.39, 0.29) is 5.60 Å². The number of carbonyl (C=O) groups excluding carboxylic acids is 1. The molecule has 1 aromatic heterocycles.